The smallest absolute Gasteiger partial charge is 0.319 e. The second-order valence-electron chi connectivity index (χ2n) is 6.43. The molecule has 0 saturated carbocycles. The van der Waals surface area contributed by atoms with Crippen LogP contribution in [-0.2, 0) is 11.3 Å². The minimum absolute atomic E-state index is 0.168. The Morgan fingerprint density at radius 1 is 1.26 bits per heavy atom. The Morgan fingerprint density at radius 3 is 2.57 bits per heavy atom. The fraction of sp³-hybridized carbons (Fsp3) is 0.611. The van der Waals surface area contributed by atoms with Gasteiger partial charge < -0.3 is 20.5 Å². The SMILES string of the molecule is Cc1c(COC(C)C)cccc1NC(=O)NCCC(O)C(C)C. The summed E-state index contributed by atoms with van der Waals surface area (Å²) in [6.45, 7) is 10.9. The molecule has 3 N–H and O–H groups in total. The fourth-order valence-corrected chi connectivity index (χ4v) is 2.07. The summed E-state index contributed by atoms with van der Waals surface area (Å²) >= 11 is 0. The van der Waals surface area contributed by atoms with E-state index in [0.717, 1.165) is 16.8 Å². The summed E-state index contributed by atoms with van der Waals surface area (Å²) < 4.78 is 5.63. The van der Waals surface area contributed by atoms with Crippen LogP contribution in [0.2, 0.25) is 0 Å². The van der Waals surface area contributed by atoms with E-state index >= 15 is 0 Å². The lowest BCUT2D eigenvalue weighted by Gasteiger charge is -2.16. The van der Waals surface area contributed by atoms with Gasteiger partial charge in [0.15, 0.2) is 0 Å². The number of carbonyl (C=O) groups excluding carboxylic acids is 1. The molecule has 23 heavy (non-hydrogen) atoms. The first kappa shape index (κ1) is 19.5. The van der Waals surface area contributed by atoms with Crippen molar-refractivity contribution in [3.63, 3.8) is 0 Å². The molecule has 0 aromatic heterocycles. The molecule has 1 unspecified atom stereocenters. The summed E-state index contributed by atoms with van der Waals surface area (Å²) in [7, 11) is 0. The Kier molecular flexibility index (Phi) is 8.06. The van der Waals surface area contributed by atoms with Gasteiger partial charge in [-0.15, -0.1) is 0 Å². The number of benzene rings is 1. The van der Waals surface area contributed by atoms with Crippen LogP contribution in [0.25, 0.3) is 0 Å². The first-order chi connectivity index (χ1) is 10.8. The predicted octanol–water partition coefficient (Wildman–Crippen LogP) is 3.45. The van der Waals surface area contributed by atoms with Gasteiger partial charge in [-0.3, -0.25) is 0 Å². The highest BCUT2D eigenvalue weighted by Crippen LogP contribution is 2.20. The fourth-order valence-electron chi connectivity index (χ4n) is 2.07. The number of anilines is 1. The zero-order valence-corrected chi connectivity index (χ0v) is 14.8. The maximum atomic E-state index is 12.0. The monoisotopic (exact) mass is 322 g/mol. The standard InChI is InChI=1S/C18H30N2O3/c1-12(2)17(21)9-10-19-18(22)20-16-8-6-7-15(14(16)5)11-23-13(3)4/h6-8,12-13,17,21H,9-11H2,1-5H3,(H2,19,20,22). The summed E-state index contributed by atoms with van der Waals surface area (Å²) in [6.07, 6.45) is 0.321. The molecule has 0 heterocycles. The number of hydrogen-bond donors (Lipinski definition) is 3. The number of urea groups is 1. The van der Waals surface area contributed by atoms with Crippen molar-refractivity contribution in [1.29, 1.82) is 0 Å². The van der Waals surface area contributed by atoms with Crippen molar-refractivity contribution in [3.8, 4) is 0 Å². The largest absolute Gasteiger partial charge is 0.393 e. The predicted molar refractivity (Wildman–Crippen MR) is 93.6 cm³/mol. The Morgan fingerprint density at radius 2 is 1.96 bits per heavy atom. The van der Waals surface area contributed by atoms with Crippen LogP contribution in [0.4, 0.5) is 10.5 Å². The molecular weight excluding hydrogens is 292 g/mol. The number of hydrogen-bond acceptors (Lipinski definition) is 3. The van der Waals surface area contributed by atoms with Crippen LogP contribution < -0.4 is 10.6 Å². The van der Waals surface area contributed by atoms with E-state index in [9.17, 15) is 9.90 Å². The van der Waals surface area contributed by atoms with Crippen LogP contribution in [0.1, 0.15) is 45.2 Å². The molecule has 1 aromatic rings. The second kappa shape index (κ2) is 9.53. The lowest BCUT2D eigenvalue weighted by atomic mass is 10.0. The quantitative estimate of drug-likeness (QED) is 0.686. The molecule has 0 aliphatic heterocycles. The topological polar surface area (TPSA) is 70.6 Å². The van der Waals surface area contributed by atoms with Gasteiger partial charge in [0.1, 0.15) is 0 Å². The summed E-state index contributed by atoms with van der Waals surface area (Å²) in [6, 6.07) is 5.52. The van der Waals surface area contributed by atoms with E-state index in [4.69, 9.17) is 4.74 Å². The lowest BCUT2D eigenvalue weighted by molar-refractivity contribution is 0.0654. The van der Waals surface area contributed by atoms with Gasteiger partial charge in [-0.2, -0.15) is 0 Å². The molecule has 0 aliphatic carbocycles. The van der Waals surface area contributed by atoms with Crippen LogP contribution in [0.15, 0.2) is 18.2 Å². The molecule has 0 saturated heterocycles. The van der Waals surface area contributed by atoms with Gasteiger partial charge in [0, 0.05) is 12.2 Å². The number of nitrogens with one attached hydrogen (secondary N) is 2. The van der Waals surface area contributed by atoms with Crippen molar-refractivity contribution >= 4 is 11.7 Å². The zero-order chi connectivity index (χ0) is 17.4. The number of aliphatic hydroxyl groups excluding tert-OH is 1. The molecule has 0 radical (unpaired) electrons. The highest BCUT2D eigenvalue weighted by atomic mass is 16.5. The molecule has 1 atom stereocenters. The Labute approximate surface area is 139 Å². The average molecular weight is 322 g/mol. The van der Waals surface area contributed by atoms with E-state index in [1.54, 1.807) is 0 Å². The van der Waals surface area contributed by atoms with E-state index in [0.29, 0.717) is 19.6 Å². The van der Waals surface area contributed by atoms with E-state index in [2.05, 4.69) is 10.6 Å². The average Bonchev–Trinajstić information content (AvgIpc) is 2.47. The van der Waals surface area contributed by atoms with Crippen molar-refractivity contribution in [3.05, 3.63) is 29.3 Å². The third-order valence-corrected chi connectivity index (χ3v) is 3.76. The summed E-state index contributed by atoms with van der Waals surface area (Å²) in [5, 5.41) is 15.4. The van der Waals surface area contributed by atoms with Crippen molar-refractivity contribution < 1.29 is 14.6 Å². The van der Waals surface area contributed by atoms with E-state index < -0.39 is 6.10 Å². The highest BCUT2D eigenvalue weighted by molar-refractivity contribution is 5.90. The normalized spacial score (nSPS) is 12.5. The van der Waals surface area contributed by atoms with Crippen LogP contribution in [-0.4, -0.2) is 29.9 Å². The molecule has 130 valence electrons. The molecule has 5 nitrogen and oxygen atoms in total. The number of rotatable bonds is 8. The maximum Gasteiger partial charge on any atom is 0.319 e. The van der Waals surface area contributed by atoms with E-state index in [-0.39, 0.29) is 18.1 Å². The molecule has 0 bridgehead atoms. The minimum Gasteiger partial charge on any atom is -0.393 e. The molecule has 0 aliphatic rings. The Bertz CT molecular complexity index is 501. The van der Waals surface area contributed by atoms with Gasteiger partial charge in [-0.1, -0.05) is 26.0 Å². The van der Waals surface area contributed by atoms with Crippen LogP contribution in [0.5, 0.6) is 0 Å². The molecule has 1 rings (SSSR count). The highest BCUT2D eigenvalue weighted by Gasteiger charge is 2.11. The maximum absolute atomic E-state index is 12.0. The van der Waals surface area contributed by atoms with Crippen LogP contribution in [0.3, 0.4) is 0 Å². The number of aliphatic hydroxyl groups is 1. The lowest BCUT2D eigenvalue weighted by Crippen LogP contribution is -2.32. The third kappa shape index (κ3) is 7.01. The number of amides is 2. The summed E-state index contributed by atoms with van der Waals surface area (Å²) in [5.41, 5.74) is 2.84. The molecule has 0 fully saturated rings. The number of ether oxygens (including phenoxy) is 1. The van der Waals surface area contributed by atoms with Gasteiger partial charge in [0.2, 0.25) is 0 Å². The van der Waals surface area contributed by atoms with Gasteiger partial charge >= 0.3 is 6.03 Å². The molecule has 2 amide bonds. The summed E-state index contributed by atoms with van der Waals surface area (Å²) in [4.78, 5) is 12.0. The first-order valence-electron chi connectivity index (χ1n) is 8.24. The van der Waals surface area contributed by atoms with Crippen LogP contribution in [0, 0.1) is 12.8 Å². The Hall–Kier alpha value is -1.59. The molecular formula is C18H30N2O3. The summed E-state index contributed by atoms with van der Waals surface area (Å²) in [5.74, 6) is 0.194. The number of carbonyl (C=O) groups is 1. The first-order valence-corrected chi connectivity index (χ1v) is 8.24. The molecule has 1 aromatic carbocycles. The van der Waals surface area contributed by atoms with Crippen molar-refractivity contribution in [2.45, 2.75) is 59.9 Å². The minimum atomic E-state index is -0.395. The third-order valence-electron chi connectivity index (χ3n) is 3.76. The van der Waals surface area contributed by atoms with E-state index in [1.165, 1.54) is 0 Å². The second-order valence-corrected chi connectivity index (χ2v) is 6.43. The van der Waals surface area contributed by atoms with Crippen molar-refractivity contribution in [2.24, 2.45) is 5.92 Å². The van der Waals surface area contributed by atoms with Gasteiger partial charge in [-0.05, 0) is 50.3 Å². The van der Waals surface area contributed by atoms with Gasteiger partial charge in [0.25, 0.3) is 0 Å². The van der Waals surface area contributed by atoms with Crippen LogP contribution >= 0.6 is 0 Å². The molecule has 5 heteroatoms. The Balaban J connectivity index is 2.53. The van der Waals surface area contributed by atoms with Gasteiger partial charge in [-0.25, -0.2) is 4.79 Å². The zero-order valence-electron chi connectivity index (χ0n) is 14.8. The van der Waals surface area contributed by atoms with Gasteiger partial charge in [0.05, 0.1) is 18.8 Å². The van der Waals surface area contributed by atoms with E-state index in [1.807, 2.05) is 52.8 Å². The van der Waals surface area contributed by atoms with Crippen molar-refractivity contribution in [2.75, 3.05) is 11.9 Å². The van der Waals surface area contributed by atoms with Crippen molar-refractivity contribution in [1.82, 2.24) is 5.32 Å². The molecule has 0 spiro atoms.